The van der Waals surface area contributed by atoms with Crippen molar-refractivity contribution in [1.82, 2.24) is 15.2 Å². The number of anilines is 1. The largest absolute Gasteiger partial charge is 0.388 e. The summed E-state index contributed by atoms with van der Waals surface area (Å²) in [4.78, 5) is 31.1. The van der Waals surface area contributed by atoms with Crippen LogP contribution in [0.1, 0.15) is 55.9 Å². The van der Waals surface area contributed by atoms with Crippen molar-refractivity contribution >= 4 is 17.6 Å². The molecule has 8 heteroatoms. The Hall–Kier alpha value is -2.19. The van der Waals surface area contributed by atoms with E-state index in [0.717, 1.165) is 19.3 Å². The van der Waals surface area contributed by atoms with Crippen LogP contribution in [0.2, 0.25) is 0 Å². The maximum atomic E-state index is 12.7. The number of nitrogens with two attached hydrogens (primary N) is 1. The summed E-state index contributed by atoms with van der Waals surface area (Å²) >= 11 is 0. The van der Waals surface area contributed by atoms with E-state index in [1.165, 1.54) is 0 Å². The molecule has 2 amide bonds. The Balaban J connectivity index is 1.42. The fourth-order valence-electron chi connectivity index (χ4n) is 4.69. The predicted octanol–water partition coefficient (Wildman–Crippen LogP) is 1.09. The third-order valence-electron chi connectivity index (χ3n) is 6.88. The van der Waals surface area contributed by atoms with Crippen LogP contribution in [0.15, 0.2) is 18.2 Å². The topological polar surface area (TPSA) is 118 Å². The quantitative estimate of drug-likeness (QED) is 0.697. The molecule has 1 aromatic rings. The van der Waals surface area contributed by atoms with Crippen LogP contribution in [0.3, 0.4) is 0 Å². The highest BCUT2D eigenvalue weighted by atomic mass is 16.5. The van der Waals surface area contributed by atoms with Gasteiger partial charge in [0.25, 0.3) is 5.91 Å². The Morgan fingerprint density at radius 3 is 2.62 bits per heavy atom. The molecule has 3 heterocycles. The molecule has 4 rings (SSSR count). The van der Waals surface area contributed by atoms with Gasteiger partial charge < -0.3 is 25.8 Å². The fourth-order valence-corrected chi connectivity index (χ4v) is 4.69. The van der Waals surface area contributed by atoms with Crippen molar-refractivity contribution in [3.63, 3.8) is 0 Å². The van der Waals surface area contributed by atoms with Crippen molar-refractivity contribution in [2.75, 3.05) is 25.4 Å². The number of likely N-dealkylation sites (tertiary alicyclic amines) is 1. The molecule has 29 heavy (non-hydrogen) atoms. The molecule has 0 bridgehead atoms. The first-order valence-electron chi connectivity index (χ1n) is 10.5. The molecular formula is C21H30N4O4. The lowest BCUT2D eigenvalue weighted by Gasteiger charge is -2.53. The molecule has 1 aliphatic carbocycles. The number of aromatic nitrogens is 1. The van der Waals surface area contributed by atoms with E-state index in [-0.39, 0.29) is 17.7 Å². The molecular weight excluding hydrogens is 372 g/mol. The minimum Gasteiger partial charge on any atom is -0.388 e. The smallest absolute Gasteiger partial charge is 0.272 e. The first-order valence-corrected chi connectivity index (χ1v) is 10.5. The molecule has 0 unspecified atom stereocenters. The van der Waals surface area contributed by atoms with Gasteiger partial charge in [-0.1, -0.05) is 12.5 Å². The van der Waals surface area contributed by atoms with Gasteiger partial charge in [-0.2, -0.15) is 0 Å². The van der Waals surface area contributed by atoms with Gasteiger partial charge in [-0.25, -0.2) is 4.98 Å². The highest BCUT2D eigenvalue weighted by molar-refractivity contribution is 5.92. The van der Waals surface area contributed by atoms with Crippen LogP contribution >= 0.6 is 0 Å². The third-order valence-corrected chi connectivity index (χ3v) is 6.88. The summed E-state index contributed by atoms with van der Waals surface area (Å²) in [6.45, 7) is 3.30. The SMILES string of the molecule is C[C@]1(NC(=O)C2CCC2)CCOC2(CCN(C(=O)c3cccc(N)n3)CC2)[C@@H]1O. The van der Waals surface area contributed by atoms with E-state index in [2.05, 4.69) is 10.3 Å². The summed E-state index contributed by atoms with van der Waals surface area (Å²) in [6, 6.07) is 5.01. The van der Waals surface area contributed by atoms with Crippen molar-refractivity contribution < 1.29 is 19.4 Å². The van der Waals surface area contributed by atoms with Gasteiger partial charge in [0, 0.05) is 25.6 Å². The van der Waals surface area contributed by atoms with E-state index in [4.69, 9.17) is 10.5 Å². The zero-order chi connectivity index (χ0) is 20.6. The molecule has 0 aromatic carbocycles. The zero-order valence-corrected chi connectivity index (χ0v) is 16.9. The van der Waals surface area contributed by atoms with Crippen LogP contribution in [0, 0.1) is 5.92 Å². The highest BCUT2D eigenvalue weighted by Crippen LogP contribution is 2.40. The number of pyridine rings is 1. The molecule has 158 valence electrons. The molecule has 2 atom stereocenters. The number of hydrogen-bond donors (Lipinski definition) is 3. The van der Waals surface area contributed by atoms with Gasteiger partial charge in [-0.05, 0) is 51.2 Å². The normalized spacial score (nSPS) is 29.3. The number of ether oxygens (including phenoxy) is 1. The molecule has 4 N–H and O–H groups in total. The number of hydrogen-bond acceptors (Lipinski definition) is 6. The second kappa shape index (κ2) is 7.57. The molecule has 0 radical (unpaired) electrons. The van der Waals surface area contributed by atoms with E-state index >= 15 is 0 Å². The average molecular weight is 402 g/mol. The maximum absolute atomic E-state index is 12.7. The number of aliphatic hydroxyl groups is 1. The van der Waals surface area contributed by atoms with Crippen LogP contribution in [0.5, 0.6) is 0 Å². The Morgan fingerprint density at radius 2 is 2.00 bits per heavy atom. The average Bonchev–Trinajstić information content (AvgIpc) is 2.65. The predicted molar refractivity (Wildman–Crippen MR) is 107 cm³/mol. The Kier molecular flexibility index (Phi) is 5.25. The number of amides is 2. The highest BCUT2D eigenvalue weighted by Gasteiger charge is 2.54. The van der Waals surface area contributed by atoms with E-state index < -0.39 is 17.2 Å². The monoisotopic (exact) mass is 402 g/mol. The first kappa shape index (κ1) is 20.1. The third kappa shape index (κ3) is 3.71. The number of nitrogens with zero attached hydrogens (tertiary/aromatic N) is 2. The van der Waals surface area contributed by atoms with Crippen LogP contribution in [-0.2, 0) is 9.53 Å². The molecule has 1 spiro atoms. The lowest BCUT2D eigenvalue weighted by molar-refractivity contribution is -0.206. The number of carbonyl (C=O) groups is 2. The lowest BCUT2D eigenvalue weighted by atomic mass is 9.72. The van der Waals surface area contributed by atoms with Gasteiger partial charge in [0.15, 0.2) is 0 Å². The number of piperidine rings is 1. The van der Waals surface area contributed by atoms with Crippen molar-refractivity contribution in [1.29, 1.82) is 0 Å². The maximum Gasteiger partial charge on any atom is 0.272 e. The molecule has 2 aliphatic heterocycles. The van der Waals surface area contributed by atoms with Gasteiger partial charge in [-0.3, -0.25) is 9.59 Å². The van der Waals surface area contributed by atoms with Crippen molar-refractivity contribution in [3.05, 3.63) is 23.9 Å². The Bertz CT molecular complexity index is 789. The number of rotatable bonds is 3. The molecule has 1 saturated carbocycles. The van der Waals surface area contributed by atoms with Gasteiger partial charge in [-0.15, -0.1) is 0 Å². The fraction of sp³-hybridized carbons (Fsp3) is 0.667. The van der Waals surface area contributed by atoms with Crippen LogP contribution < -0.4 is 11.1 Å². The number of nitrogen functional groups attached to an aromatic ring is 1. The summed E-state index contributed by atoms with van der Waals surface area (Å²) < 4.78 is 6.07. The molecule has 8 nitrogen and oxygen atoms in total. The van der Waals surface area contributed by atoms with Crippen LogP contribution in [-0.4, -0.2) is 63.7 Å². The molecule has 2 saturated heterocycles. The number of carbonyl (C=O) groups excluding carboxylic acids is 2. The summed E-state index contributed by atoms with van der Waals surface area (Å²) in [6.07, 6.45) is 3.72. The molecule has 1 aromatic heterocycles. The van der Waals surface area contributed by atoms with Crippen molar-refractivity contribution in [2.24, 2.45) is 5.92 Å². The van der Waals surface area contributed by atoms with Gasteiger partial charge >= 0.3 is 0 Å². The van der Waals surface area contributed by atoms with E-state index in [9.17, 15) is 14.7 Å². The first-order chi connectivity index (χ1) is 13.8. The summed E-state index contributed by atoms with van der Waals surface area (Å²) in [7, 11) is 0. The lowest BCUT2D eigenvalue weighted by Crippen LogP contribution is -2.70. The van der Waals surface area contributed by atoms with Crippen molar-refractivity contribution in [2.45, 2.75) is 62.7 Å². The zero-order valence-electron chi connectivity index (χ0n) is 16.9. The van der Waals surface area contributed by atoms with Crippen molar-refractivity contribution in [3.8, 4) is 0 Å². The van der Waals surface area contributed by atoms with Gasteiger partial charge in [0.05, 0.1) is 11.1 Å². The second-order valence-electron chi connectivity index (χ2n) is 8.84. The minimum atomic E-state index is -0.824. The Morgan fingerprint density at radius 1 is 1.28 bits per heavy atom. The number of nitrogens with one attached hydrogen (secondary N) is 1. The Labute approximate surface area is 170 Å². The summed E-state index contributed by atoms with van der Waals surface area (Å²) in [5.74, 6) is 0.255. The second-order valence-corrected chi connectivity index (χ2v) is 8.84. The minimum absolute atomic E-state index is 0.0372. The molecule has 3 aliphatic rings. The molecule has 3 fully saturated rings. The number of aliphatic hydroxyl groups excluding tert-OH is 1. The van der Waals surface area contributed by atoms with Crippen LogP contribution in [0.25, 0.3) is 0 Å². The summed E-state index contributed by atoms with van der Waals surface area (Å²) in [5, 5.41) is 14.3. The van der Waals surface area contributed by atoms with E-state index in [1.54, 1.807) is 23.1 Å². The van der Waals surface area contributed by atoms with Gasteiger partial charge in [0.2, 0.25) is 5.91 Å². The standard InChI is InChI=1S/C21H30N4O4/c1-20(24-17(26)14-4-2-5-14)10-13-29-21(19(20)28)8-11-25(12-9-21)18(27)15-6-3-7-16(22)23-15/h3,6-7,14,19,28H,2,4-5,8-13H2,1H3,(H2,22,23)(H,24,26)/t19-,20+/m1/s1. The van der Waals surface area contributed by atoms with Gasteiger partial charge in [0.1, 0.15) is 17.6 Å². The van der Waals surface area contributed by atoms with Crippen LogP contribution in [0.4, 0.5) is 5.82 Å². The van der Waals surface area contributed by atoms with E-state index in [0.29, 0.717) is 50.5 Å². The summed E-state index contributed by atoms with van der Waals surface area (Å²) in [5.41, 5.74) is 4.55. The van der Waals surface area contributed by atoms with E-state index in [1.807, 2.05) is 6.92 Å².